The number of imidazole rings is 1. The van der Waals surface area contributed by atoms with Gasteiger partial charge in [0, 0.05) is 17.0 Å². The first-order valence-corrected chi connectivity index (χ1v) is 10.2. The van der Waals surface area contributed by atoms with E-state index in [0.717, 1.165) is 26.0 Å². The molecule has 0 aliphatic carbocycles. The first kappa shape index (κ1) is 18.7. The van der Waals surface area contributed by atoms with Gasteiger partial charge in [-0.3, -0.25) is 4.79 Å². The molecule has 0 spiro atoms. The number of amides is 1. The van der Waals surface area contributed by atoms with Crippen LogP contribution in [0.15, 0.2) is 78.9 Å². The lowest BCUT2D eigenvalue weighted by Gasteiger charge is -2.20. The highest BCUT2D eigenvalue weighted by atomic mass is 127. The normalized spacial score (nSPS) is 12.1. The van der Waals surface area contributed by atoms with Crippen LogP contribution < -0.4 is 5.32 Å². The van der Waals surface area contributed by atoms with Crippen LogP contribution in [0.1, 0.15) is 27.8 Å². The van der Waals surface area contributed by atoms with Crippen molar-refractivity contribution in [2.45, 2.75) is 12.5 Å². The Bertz CT molecular complexity index is 1120. The van der Waals surface area contributed by atoms with Crippen molar-refractivity contribution in [1.29, 1.82) is 0 Å². The van der Waals surface area contributed by atoms with Crippen molar-refractivity contribution < 1.29 is 4.79 Å². The molecule has 0 unspecified atom stereocenters. The number of carbonyl (C=O) groups is 1. The summed E-state index contributed by atoms with van der Waals surface area (Å²) in [7, 11) is 2.02. The van der Waals surface area contributed by atoms with Gasteiger partial charge in [-0.1, -0.05) is 54.6 Å². The molecule has 1 aromatic heterocycles. The average Bonchev–Trinajstić information content (AvgIpc) is 3.04. The van der Waals surface area contributed by atoms with E-state index >= 15 is 0 Å². The number of aryl methyl sites for hydroxylation is 1. The maximum atomic E-state index is 13.0. The van der Waals surface area contributed by atoms with E-state index in [1.807, 2.05) is 79.8 Å². The van der Waals surface area contributed by atoms with Crippen molar-refractivity contribution in [3.63, 3.8) is 0 Å². The summed E-state index contributed by atoms with van der Waals surface area (Å²) in [6.45, 7) is 0. The summed E-state index contributed by atoms with van der Waals surface area (Å²) in [5.74, 6) is 0.871. The summed E-state index contributed by atoms with van der Waals surface area (Å²) in [4.78, 5) is 17.7. The fourth-order valence-corrected chi connectivity index (χ4v) is 4.01. The summed E-state index contributed by atoms with van der Waals surface area (Å²) in [6, 6.07) is 25.6. The predicted octanol–water partition coefficient (Wildman–Crippen LogP) is 4.89. The van der Waals surface area contributed by atoms with Gasteiger partial charge in [0.25, 0.3) is 5.91 Å². The second kappa shape index (κ2) is 8.14. The van der Waals surface area contributed by atoms with Gasteiger partial charge in [-0.25, -0.2) is 4.98 Å². The zero-order valence-corrected chi connectivity index (χ0v) is 17.6. The van der Waals surface area contributed by atoms with Crippen LogP contribution in [-0.2, 0) is 13.5 Å². The standard InChI is InChI=1S/C23H20IN3O/c1-27-21-14-8-7-13-19(21)25-22(27)15-20(16-9-3-2-4-10-16)26-23(28)17-11-5-6-12-18(17)24/h2-14,20H,15H2,1H3,(H,26,28)/t20-/m0/s1. The second-order valence-corrected chi connectivity index (χ2v) is 7.86. The molecule has 0 fully saturated rings. The number of nitrogens with one attached hydrogen (secondary N) is 1. The number of hydrogen-bond donors (Lipinski definition) is 1. The molecule has 3 aromatic carbocycles. The third-order valence-electron chi connectivity index (χ3n) is 4.89. The van der Waals surface area contributed by atoms with Gasteiger partial charge in [-0.05, 0) is 52.4 Å². The Hall–Kier alpha value is -2.67. The Morgan fingerprint density at radius 3 is 2.43 bits per heavy atom. The molecule has 0 bridgehead atoms. The van der Waals surface area contributed by atoms with Crippen LogP contribution in [0.3, 0.4) is 0 Å². The first-order valence-electron chi connectivity index (χ1n) is 9.14. The number of para-hydroxylation sites is 2. The monoisotopic (exact) mass is 481 g/mol. The summed E-state index contributed by atoms with van der Waals surface area (Å²) < 4.78 is 3.04. The van der Waals surface area contributed by atoms with Gasteiger partial charge in [0.15, 0.2) is 0 Å². The molecule has 4 rings (SSSR count). The highest BCUT2D eigenvalue weighted by Crippen LogP contribution is 2.22. The van der Waals surface area contributed by atoms with Crippen molar-refractivity contribution in [3.8, 4) is 0 Å². The lowest BCUT2D eigenvalue weighted by Crippen LogP contribution is -2.31. The fraction of sp³-hybridized carbons (Fsp3) is 0.130. The maximum absolute atomic E-state index is 13.0. The molecule has 1 amide bonds. The summed E-state index contributed by atoms with van der Waals surface area (Å²) in [6.07, 6.45) is 0.615. The largest absolute Gasteiger partial charge is 0.345 e. The Labute approximate surface area is 177 Å². The summed E-state index contributed by atoms with van der Waals surface area (Å²) in [5, 5.41) is 3.21. The SMILES string of the molecule is Cn1c(C[C@H](NC(=O)c2ccccc2I)c2ccccc2)nc2ccccc21. The van der Waals surface area contributed by atoms with Gasteiger partial charge >= 0.3 is 0 Å². The van der Waals surface area contributed by atoms with Crippen molar-refractivity contribution in [2.24, 2.45) is 7.05 Å². The number of halogens is 1. The van der Waals surface area contributed by atoms with Gasteiger partial charge in [0.1, 0.15) is 5.82 Å². The van der Waals surface area contributed by atoms with E-state index in [1.165, 1.54) is 0 Å². The summed E-state index contributed by atoms with van der Waals surface area (Å²) >= 11 is 2.20. The van der Waals surface area contributed by atoms with Gasteiger partial charge in [0.2, 0.25) is 0 Å². The molecule has 4 aromatic rings. The minimum absolute atomic E-state index is 0.0717. The number of hydrogen-bond acceptors (Lipinski definition) is 2. The van der Waals surface area contributed by atoms with Gasteiger partial charge in [-0.15, -0.1) is 0 Å². The van der Waals surface area contributed by atoms with E-state index in [4.69, 9.17) is 4.98 Å². The van der Waals surface area contributed by atoms with Crippen LogP contribution >= 0.6 is 22.6 Å². The number of benzene rings is 3. The van der Waals surface area contributed by atoms with Crippen LogP contribution in [0.5, 0.6) is 0 Å². The Morgan fingerprint density at radius 2 is 1.68 bits per heavy atom. The third kappa shape index (κ3) is 3.80. The van der Waals surface area contributed by atoms with Crippen LogP contribution in [0.4, 0.5) is 0 Å². The first-order chi connectivity index (χ1) is 13.6. The molecule has 0 saturated carbocycles. The quantitative estimate of drug-likeness (QED) is 0.413. The van der Waals surface area contributed by atoms with Crippen LogP contribution in [0.2, 0.25) is 0 Å². The molecule has 28 heavy (non-hydrogen) atoms. The third-order valence-corrected chi connectivity index (χ3v) is 5.83. The van der Waals surface area contributed by atoms with Crippen molar-refractivity contribution in [2.75, 3.05) is 0 Å². The van der Waals surface area contributed by atoms with Crippen molar-refractivity contribution in [1.82, 2.24) is 14.9 Å². The molecule has 0 radical (unpaired) electrons. The number of aromatic nitrogens is 2. The van der Waals surface area contributed by atoms with Gasteiger partial charge in [-0.2, -0.15) is 0 Å². The molecular weight excluding hydrogens is 461 g/mol. The maximum Gasteiger partial charge on any atom is 0.252 e. The van der Waals surface area contributed by atoms with E-state index in [0.29, 0.717) is 12.0 Å². The number of nitrogens with zero attached hydrogens (tertiary/aromatic N) is 2. The molecular formula is C23H20IN3O. The van der Waals surface area contributed by atoms with Gasteiger partial charge in [0.05, 0.1) is 22.6 Å². The number of carbonyl (C=O) groups excluding carboxylic acids is 1. The molecule has 140 valence electrons. The topological polar surface area (TPSA) is 46.9 Å². The molecule has 4 nitrogen and oxygen atoms in total. The average molecular weight is 481 g/mol. The van der Waals surface area contributed by atoms with E-state index in [-0.39, 0.29) is 11.9 Å². The van der Waals surface area contributed by atoms with Crippen LogP contribution in [0.25, 0.3) is 11.0 Å². The molecule has 5 heteroatoms. The predicted molar refractivity (Wildman–Crippen MR) is 120 cm³/mol. The lowest BCUT2D eigenvalue weighted by atomic mass is 10.0. The van der Waals surface area contributed by atoms with E-state index < -0.39 is 0 Å². The molecule has 0 aliphatic heterocycles. The van der Waals surface area contributed by atoms with E-state index in [9.17, 15) is 4.79 Å². The molecule has 1 atom stereocenters. The second-order valence-electron chi connectivity index (χ2n) is 6.70. The highest BCUT2D eigenvalue weighted by Gasteiger charge is 2.20. The fourth-order valence-electron chi connectivity index (χ4n) is 3.38. The van der Waals surface area contributed by atoms with Gasteiger partial charge < -0.3 is 9.88 Å². The highest BCUT2D eigenvalue weighted by molar-refractivity contribution is 14.1. The van der Waals surface area contributed by atoms with Crippen LogP contribution in [-0.4, -0.2) is 15.5 Å². The van der Waals surface area contributed by atoms with Crippen molar-refractivity contribution in [3.05, 3.63) is 99.4 Å². The lowest BCUT2D eigenvalue weighted by molar-refractivity contribution is 0.0935. The Morgan fingerprint density at radius 1 is 1.00 bits per heavy atom. The zero-order valence-electron chi connectivity index (χ0n) is 15.5. The van der Waals surface area contributed by atoms with Crippen molar-refractivity contribution >= 4 is 39.5 Å². The minimum atomic E-state index is -0.166. The Kier molecular flexibility index (Phi) is 5.43. The minimum Gasteiger partial charge on any atom is -0.345 e. The number of fused-ring (bicyclic) bond motifs is 1. The molecule has 0 aliphatic rings. The molecule has 0 saturated heterocycles. The van der Waals surface area contributed by atoms with E-state index in [2.05, 4.69) is 38.5 Å². The molecule has 1 heterocycles. The van der Waals surface area contributed by atoms with Crippen LogP contribution in [0, 0.1) is 3.57 Å². The van der Waals surface area contributed by atoms with E-state index in [1.54, 1.807) is 0 Å². The summed E-state index contributed by atoms with van der Waals surface area (Å²) in [5.41, 5.74) is 3.81. The Balaban J connectivity index is 1.67. The number of rotatable bonds is 5. The smallest absolute Gasteiger partial charge is 0.252 e. The molecule has 1 N–H and O–H groups in total. The zero-order chi connectivity index (χ0) is 19.5.